The van der Waals surface area contributed by atoms with E-state index in [0.29, 0.717) is 16.5 Å². The summed E-state index contributed by atoms with van der Waals surface area (Å²) in [5, 5.41) is 18.5. The molecule has 0 aliphatic heterocycles. The molecule has 0 saturated heterocycles. The Morgan fingerprint density at radius 2 is 2.26 bits per heavy atom. The SMILES string of the molecule is CCCc1nc(S/C(=C\c2ccc(C)c(OC)c2)C(=O)[O-])n[nH]1. The summed E-state index contributed by atoms with van der Waals surface area (Å²) in [5.74, 6) is 0.172. The number of aromatic nitrogens is 3. The van der Waals surface area contributed by atoms with E-state index in [1.54, 1.807) is 13.2 Å². The number of thioether (sulfide) groups is 1. The minimum absolute atomic E-state index is 0.0398. The smallest absolute Gasteiger partial charge is 0.213 e. The van der Waals surface area contributed by atoms with Crippen LogP contribution in [0.1, 0.15) is 30.3 Å². The lowest BCUT2D eigenvalue weighted by molar-refractivity contribution is -0.297. The van der Waals surface area contributed by atoms with Crippen molar-refractivity contribution >= 4 is 23.8 Å². The van der Waals surface area contributed by atoms with Crippen molar-refractivity contribution in [3.05, 3.63) is 40.1 Å². The van der Waals surface area contributed by atoms with Crippen molar-refractivity contribution < 1.29 is 14.6 Å². The van der Waals surface area contributed by atoms with Crippen molar-refractivity contribution in [2.45, 2.75) is 31.8 Å². The number of nitrogens with one attached hydrogen (secondary N) is 1. The lowest BCUT2D eigenvalue weighted by Crippen LogP contribution is -2.23. The Labute approximate surface area is 139 Å². The molecule has 1 heterocycles. The fourth-order valence-electron chi connectivity index (χ4n) is 1.98. The zero-order valence-corrected chi connectivity index (χ0v) is 14.1. The average Bonchev–Trinajstić information content (AvgIpc) is 2.96. The molecule has 0 fully saturated rings. The maximum absolute atomic E-state index is 11.4. The van der Waals surface area contributed by atoms with Gasteiger partial charge in [0.1, 0.15) is 11.6 Å². The highest BCUT2D eigenvalue weighted by molar-refractivity contribution is 8.04. The molecule has 7 heteroatoms. The number of carboxylic acid groups (broad SMARTS) is 1. The van der Waals surface area contributed by atoms with E-state index in [-0.39, 0.29) is 4.91 Å². The lowest BCUT2D eigenvalue weighted by atomic mass is 10.1. The van der Waals surface area contributed by atoms with Crippen molar-refractivity contribution in [3.63, 3.8) is 0 Å². The second-order valence-electron chi connectivity index (χ2n) is 4.94. The van der Waals surface area contributed by atoms with Crippen LogP contribution in [-0.2, 0) is 11.2 Å². The molecule has 0 aliphatic rings. The molecular weight excluding hydrogens is 314 g/mol. The number of H-pyrrole nitrogens is 1. The van der Waals surface area contributed by atoms with Crippen LogP contribution in [0.25, 0.3) is 6.08 Å². The molecular formula is C16H18N3O3S-. The maximum Gasteiger partial charge on any atom is 0.213 e. The van der Waals surface area contributed by atoms with Gasteiger partial charge in [-0.1, -0.05) is 19.1 Å². The van der Waals surface area contributed by atoms with Gasteiger partial charge in [0.15, 0.2) is 0 Å². The molecule has 122 valence electrons. The van der Waals surface area contributed by atoms with Crippen LogP contribution in [0.2, 0.25) is 0 Å². The third-order valence-electron chi connectivity index (χ3n) is 3.13. The van der Waals surface area contributed by atoms with Gasteiger partial charge >= 0.3 is 0 Å². The van der Waals surface area contributed by atoms with Crippen molar-refractivity contribution in [1.29, 1.82) is 0 Å². The van der Waals surface area contributed by atoms with Gasteiger partial charge in [0.25, 0.3) is 0 Å². The van der Waals surface area contributed by atoms with E-state index >= 15 is 0 Å². The third-order valence-corrected chi connectivity index (χ3v) is 4.00. The molecule has 0 radical (unpaired) electrons. The Hall–Kier alpha value is -2.28. The van der Waals surface area contributed by atoms with E-state index in [4.69, 9.17) is 4.74 Å². The number of aromatic amines is 1. The second kappa shape index (κ2) is 7.82. The summed E-state index contributed by atoms with van der Waals surface area (Å²) in [6.45, 7) is 3.95. The summed E-state index contributed by atoms with van der Waals surface area (Å²) in [6, 6.07) is 5.47. The summed E-state index contributed by atoms with van der Waals surface area (Å²) < 4.78 is 5.25. The first-order valence-electron chi connectivity index (χ1n) is 7.20. The van der Waals surface area contributed by atoms with Crippen LogP contribution >= 0.6 is 11.8 Å². The number of methoxy groups -OCH3 is 1. The number of aryl methyl sites for hydroxylation is 2. The number of carboxylic acids is 1. The second-order valence-corrected chi connectivity index (χ2v) is 5.95. The minimum atomic E-state index is -1.27. The van der Waals surface area contributed by atoms with E-state index in [1.807, 2.05) is 26.0 Å². The number of rotatable bonds is 7. The number of hydrogen-bond acceptors (Lipinski definition) is 6. The molecule has 2 rings (SSSR count). The normalized spacial score (nSPS) is 11.5. The van der Waals surface area contributed by atoms with Crippen molar-refractivity contribution in [2.75, 3.05) is 7.11 Å². The van der Waals surface area contributed by atoms with Gasteiger partial charge in [-0.3, -0.25) is 5.10 Å². The van der Waals surface area contributed by atoms with E-state index in [9.17, 15) is 9.90 Å². The van der Waals surface area contributed by atoms with Crippen LogP contribution in [0.5, 0.6) is 5.75 Å². The summed E-state index contributed by atoms with van der Waals surface area (Å²) >= 11 is 0.961. The molecule has 1 aromatic carbocycles. The number of carbonyl (C=O) groups is 1. The number of aliphatic carboxylic acids is 1. The van der Waals surface area contributed by atoms with Gasteiger partial charge in [0, 0.05) is 11.3 Å². The van der Waals surface area contributed by atoms with Crippen LogP contribution in [0.3, 0.4) is 0 Å². The molecule has 1 N–H and O–H groups in total. The highest BCUT2D eigenvalue weighted by atomic mass is 32.2. The summed E-state index contributed by atoms with van der Waals surface area (Å²) in [5.41, 5.74) is 1.69. The molecule has 2 aromatic rings. The van der Waals surface area contributed by atoms with E-state index in [1.165, 1.54) is 6.08 Å². The number of benzene rings is 1. The van der Waals surface area contributed by atoms with E-state index in [2.05, 4.69) is 15.2 Å². The Morgan fingerprint density at radius 1 is 1.48 bits per heavy atom. The van der Waals surface area contributed by atoms with Gasteiger partial charge in [-0.25, -0.2) is 4.98 Å². The number of hydrogen-bond donors (Lipinski definition) is 1. The average molecular weight is 332 g/mol. The fourth-order valence-corrected chi connectivity index (χ4v) is 2.70. The first kappa shape index (κ1) is 17.1. The van der Waals surface area contributed by atoms with Crippen LogP contribution < -0.4 is 9.84 Å². The molecule has 1 aromatic heterocycles. The van der Waals surface area contributed by atoms with Crippen molar-refractivity contribution in [1.82, 2.24) is 15.2 Å². The van der Waals surface area contributed by atoms with Crippen molar-refractivity contribution in [2.24, 2.45) is 0 Å². The highest BCUT2D eigenvalue weighted by Crippen LogP contribution is 2.27. The van der Waals surface area contributed by atoms with Crippen LogP contribution in [0.4, 0.5) is 0 Å². The van der Waals surface area contributed by atoms with Gasteiger partial charge in [0.2, 0.25) is 5.16 Å². The molecule has 23 heavy (non-hydrogen) atoms. The number of ether oxygens (including phenoxy) is 1. The van der Waals surface area contributed by atoms with Crippen LogP contribution in [-0.4, -0.2) is 28.3 Å². The molecule has 0 saturated carbocycles. The Balaban J connectivity index is 2.25. The molecule has 0 amide bonds. The summed E-state index contributed by atoms with van der Waals surface area (Å²) in [6.07, 6.45) is 3.23. The molecule has 0 unspecified atom stereocenters. The summed E-state index contributed by atoms with van der Waals surface area (Å²) in [4.78, 5) is 15.7. The number of nitrogens with zero attached hydrogens (tertiary/aromatic N) is 2. The van der Waals surface area contributed by atoms with Gasteiger partial charge in [-0.15, -0.1) is 5.10 Å². The maximum atomic E-state index is 11.4. The molecule has 0 aliphatic carbocycles. The standard InChI is InChI=1S/C16H19N3O3S/c1-4-5-14-17-16(19-18-14)23-13(15(20)21)9-11-7-6-10(2)12(8-11)22-3/h6-9H,4-5H2,1-3H3,(H,20,21)(H,17,18,19)/p-1/b13-9-. The van der Waals surface area contributed by atoms with Gasteiger partial charge < -0.3 is 14.6 Å². The zero-order chi connectivity index (χ0) is 16.8. The monoisotopic (exact) mass is 332 g/mol. The quantitative estimate of drug-likeness (QED) is 0.615. The van der Waals surface area contributed by atoms with E-state index in [0.717, 1.165) is 36.0 Å². The minimum Gasteiger partial charge on any atom is -0.544 e. The predicted molar refractivity (Wildman–Crippen MR) is 86.9 cm³/mol. The van der Waals surface area contributed by atoms with Crippen molar-refractivity contribution in [3.8, 4) is 5.75 Å². The van der Waals surface area contributed by atoms with Gasteiger partial charge in [-0.05, 0) is 48.4 Å². The number of carbonyl (C=O) groups excluding carboxylic acids is 1. The largest absolute Gasteiger partial charge is 0.544 e. The Bertz CT molecular complexity index is 725. The third kappa shape index (κ3) is 4.59. The summed E-state index contributed by atoms with van der Waals surface area (Å²) in [7, 11) is 1.58. The lowest BCUT2D eigenvalue weighted by Gasteiger charge is -2.08. The van der Waals surface area contributed by atoms with Gasteiger partial charge in [0.05, 0.1) is 13.1 Å². The van der Waals surface area contributed by atoms with Crippen LogP contribution in [0, 0.1) is 6.92 Å². The molecule has 0 bridgehead atoms. The van der Waals surface area contributed by atoms with E-state index < -0.39 is 5.97 Å². The topological polar surface area (TPSA) is 90.9 Å². The molecule has 0 spiro atoms. The predicted octanol–water partition coefficient (Wildman–Crippen LogP) is 1.96. The zero-order valence-electron chi connectivity index (χ0n) is 13.3. The molecule has 6 nitrogen and oxygen atoms in total. The first-order valence-corrected chi connectivity index (χ1v) is 8.02. The van der Waals surface area contributed by atoms with Crippen LogP contribution in [0.15, 0.2) is 28.3 Å². The Morgan fingerprint density at radius 3 is 2.91 bits per heavy atom. The first-order chi connectivity index (χ1) is 11.0. The molecule has 0 atom stereocenters. The fraction of sp³-hybridized carbons (Fsp3) is 0.312. The highest BCUT2D eigenvalue weighted by Gasteiger charge is 2.09. The van der Waals surface area contributed by atoms with Gasteiger partial charge in [-0.2, -0.15) is 0 Å². The Kier molecular flexibility index (Phi) is 5.81.